The van der Waals surface area contributed by atoms with Crippen LogP contribution in [0.1, 0.15) is 31.1 Å². The Morgan fingerprint density at radius 1 is 1.41 bits per heavy atom. The van der Waals surface area contributed by atoms with Crippen molar-refractivity contribution in [1.29, 1.82) is 0 Å². The van der Waals surface area contributed by atoms with Crippen molar-refractivity contribution in [2.24, 2.45) is 0 Å². The smallest absolute Gasteiger partial charge is 0.387 e. The first-order valence-corrected chi connectivity index (χ1v) is 5.25. The predicted molar refractivity (Wildman–Crippen MR) is 57.3 cm³/mol. The van der Waals surface area contributed by atoms with Crippen LogP contribution >= 0.6 is 0 Å². The summed E-state index contributed by atoms with van der Waals surface area (Å²) in [6, 6.07) is 0.962. The molecular weight excluding hydrogens is 233 g/mol. The maximum absolute atomic E-state index is 12.6. The molecule has 17 heavy (non-hydrogen) atoms. The SMILES string of the molecule is CC(C)NCC(O)c1cnccc1C(F)(F)F. The number of nitrogens with zero attached hydrogens (tertiary/aromatic N) is 1. The van der Waals surface area contributed by atoms with E-state index >= 15 is 0 Å². The van der Waals surface area contributed by atoms with Crippen LogP contribution in [0.15, 0.2) is 18.5 Å². The molecule has 0 radical (unpaired) electrons. The summed E-state index contributed by atoms with van der Waals surface area (Å²) in [5, 5.41) is 12.6. The van der Waals surface area contributed by atoms with Gasteiger partial charge in [-0.2, -0.15) is 13.2 Å². The van der Waals surface area contributed by atoms with Gasteiger partial charge in [-0.3, -0.25) is 4.98 Å². The first-order valence-electron chi connectivity index (χ1n) is 5.25. The number of halogens is 3. The average molecular weight is 248 g/mol. The number of hydrogen-bond donors (Lipinski definition) is 2. The van der Waals surface area contributed by atoms with Crippen molar-refractivity contribution in [3.05, 3.63) is 29.6 Å². The molecule has 0 saturated heterocycles. The van der Waals surface area contributed by atoms with E-state index in [9.17, 15) is 18.3 Å². The Hall–Kier alpha value is -1.14. The third-order valence-electron chi connectivity index (χ3n) is 2.24. The van der Waals surface area contributed by atoms with Gasteiger partial charge in [0.2, 0.25) is 0 Å². The van der Waals surface area contributed by atoms with Gasteiger partial charge in [0, 0.05) is 30.5 Å². The van der Waals surface area contributed by atoms with Gasteiger partial charge in [0.15, 0.2) is 0 Å². The maximum atomic E-state index is 12.6. The molecule has 0 saturated carbocycles. The summed E-state index contributed by atoms with van der Waals surface area (Å²) < 4.78 is 37.9. The van der Waals surface area contributed by atoms with Crippen LogP contribution in [0.5, 0.6) is 0 Å². The molecule has 0 fully saturated rings. The van der Waals surface area contributed by atoms with E-state index in [-0.39, 0.29) is 18.2 Å². The lowest BCUT2D eigenvalue weighted by atomic mass is 10.0. The zero-order chi connectivity index (χ0) is 13.1. The molecule has 1 atom stereocenters. The van der Waals surface area contributed by atoms with Crippen molar-refractivity contribution in [2.45, 2.75) is 32.2 Å². The summed E-state index contributed by atoms with van der Waals surface area (Å²) in [5.41, 5.74) is -1.04. The second kappa shape index (κ2) is 5.46. The number of aliphatic hydroxyl groups excluding tert-OH is 1. The standard InChI is InChI=1S/C11H15F3N2O/c1-7(2)16-6-10(17)8-5-15-4-3-9(8)11(12,13)14/h3-5,7,10,16-17H,6H2,1-2H3. The Labute approximate surface area is 97.7 Å². The number of hydrogen-bond acceptors (Lipinski definition) is 3. The van der Waals surface area contributed by atoms with Crippen molar-refractivity contribution < 1.29 is 18.3 Å². The Kier molecular flexibility index (Phi) is 4.47. The highest BCUT2D eigenvalue weighted by atomic mass is 19.4. The van der Waals surface area contributed by atoms with E-state index in [1.54, 1.807) is 0 Å². The lowest BCUT2D eigenvalue weighted by Gasteiger charge is -2.18. The molecule has 2 N–H and O–H groups in total. The molecule has 1 unspecified atom stereocenters. The van der Waals surface area contributed by atoms with Crippen LogP contribution in [0.2, 0.25) is 0 Å². The first kappa shape index (κ1) is 13.9. The number of aliphatic hydroxyl groups is 1. The second-order valence-corrected chi connectivity index (χ2v) is 4.04. The van der Waals surface area contributed by atoms with E-state index in [2.05, 4.69) is 10.3 Å². The predicted octanol–water partition coefficient (Wildman–Crippen LogP) is 2.13. The van der Waals surface area contributed by atoms with Gasteiger partial charge in [0.05, 0.1) is 11.7 Å². The quantitative estimate of drug-likeness (QED) is 0.858. The lowest BCUT2D eigenvalue weighted by Crippen LogP contribution is -2.29. The van der Waals surface area contributed by atoms with Crippen LogP contribution in [-0.4, -0.2) is 22.7 Å². The zero-order valence-corrected chi connectivity index (χ0v) is 9.62. The number of alkyl halides is 3. The van der Waals surface area contributed by atoms with Crippen LogP contribution in [0, 0.1) is 0 Å². The summed E-state index contributed by atoms with van der Waals surface area (Å²) >= 11 is 0. The fraction of sp³-hybridized carbons (Fsp3) is 0.545. The molecule has 0 aliphatic rings. The Bertz CT molecular complexity index is 366. The van der Waals surface area contributed by atoms with Gasteiger partial charge in [-0.15, -0.1) is 0 Å². The van der Waals surface area contributed by atoms with Crippen molar-refractivity contribution in [3.8, 4) is 0 Å². The molecule has 1 aromatic heterocycles. The lowest BCUT2D eigenvalue weighted by molar-refractivity contribution is -0.139. The molecule has 0 aromatic carbocycles. The molecule has 0 amide bonds. The van der Waals surface area contributed by atoms with E-state index in [0.717, 1.165) is 18.5 Å². The monoisotopic (exact) mass is 248 g/mol. The molecule has 1 rings (SSSR count). The summed E-state index contributed by atoms with van der Waals surface area (Å²) in [5.74, 6) is 0. The number of rotatable bonds is 4. The third-order valence-corrected chi connectivity index (χ3v) is 2.24. The van der Waals surface area contributed by atoms with Gasteiger partial charge in [0.1, 0.15) is 0 Å². The number of nitrogens with one attached hydrogen (secondary N) is 1. The highest BCUT2D eigenvalue weighted by molar-refractivity contribution is 5.28. The molecule has 6 heteroatoms. The molecule has 3 nitrogen and oxygen atoms in total. The van der Waals surface area contributed by atoms with Crippen LogP contribution in [0.3, 0.4) is 0 Å². The Balaban J connectivity index is 2.89. The summed E-state index contributed by atoms with van der Waals surface area (Å²) in [4.78, 5) is 3.62. The largest absolute Gasteiger partial charge is 0.416 e. The Morgan fingerprint density at radius 2 is 2.06 bits per heavy atom. The van der Waals surface area contributed by atoms with Crippen molar-refractivity contribution in [1.82, 2.24) is 10.3 Å². The number of aromatic nitrogens is 1. The zero-order valence-electron chi connectivity index (χ0n) is 9.62. The van der Waals surface area contributed by atoms with E-state index in [1.165, 1.54) is 0 Å². The first-order chi connectivity index (χ1) is 7.82. The van der Waals surface area contributed by atoms with Crippen LogP contribution < -0.4 is 5.32 Å². The average Bonchev–Trinajstić information content (AvgIpc) is 2.24. The van der Waals surface area contributed by atoms with Crippen molar-refractivity contribution in [3.63, 3.8) is 0 Å². The van der Waals surface area contributed by atoms with Crippen LogP contribution in [0.4, 0.5) is 13.2 Å². The normalized spacial score (nSPS) is 14.1. The van der Waals surface area contributed by atoms with E-state index < -0.39 is 17.8 Å². The molecule has 1 aromatic rings. The van der Waals surface area contributed by atoms with Crippen molar-refractivity contribution >= 4 is 0 Å². The molecule has 96 valence electrons. The second-order valence-electron chi connectivity index (χ2n) is 4.04. The fourth-order valence-corrected chi connectivity index (χ4v) is 1.39. The van der Waals surface area contributed by atoms with Crippen LogP contribution in [0.25, 0.3) is 0 Å². The van der Waals surface area contributed by atoms with Gasteiger partial charge in [-0.05, 0) is 6.07 Å². The van der Waals surface area contributed by atoms with E-state index in [0.29, 0.717) is 0 Å². The molecule has 0 aliphatic carbocycles. The van der Waals surface area contributed by atoms with E-state index in [4.69, 9.17) is 0 Å². The number of pyridine rings is 1. The van der Waals surface area contributed by atoms with Gasteiger partial charge >= 0.3 is 6.18 Å². The topological polar surface area (TPSA) is 45.1 Å². The minimum absolute atomic E-state index is 0.0619. The van der Waals surface area contributed by atoms with Gasteiger partial charge < -0.3 is 10.4 Å². The van der Waals surface area contributed by atoms with Crippen molar-refractivity contribution in [2.75, 3.05) is 6.54 Å². The molecular formula is C11H15F3N2O. The van der Waals surface area contributed by atoms with Crippen LogP contribution in [-0.2, 0) is 6.18 Å². The summed E-state index contributed by atoms with van der Waals surface area (Å²) in [6.45, 7) is 3.76. The minimum atomic E-state index is -4.48. The van der Waals surface area contributed by atoms with Gasteiger partial charge in [-0.1, -0.05) is 13.8 Å². The highest BCUT2D eigenvalue weighted by Gasteiger charge is 2.34. The Morgan fingerprint density at radius 3 is 2.59 bits per heavy atom. The molecule has 0 aliphatic heterocycles. The summed E-state index contributed by atoms with van der Waals surface area (Å²) in [6.07, 6.45) is -3.58. The maximum Gasteiger partial charge on any atom is 0.416 e. The fourth-order valence-electron chi connectivity index (χ4n) is 1.39. The van der Waals surface area contributed by atoms with Gasteiger partial charge in [0.25, 0.3) is 0 Å². The van der Waals surface area contributed by atoms with Gasteiger partial charge in [-0.25, -0.2) is 0 Å². The third kappa shape index (κ3) is 3.98. The molecule has 1 heterocycles. The minimum Gasteiger partial charge on any atom is -0.387 e. The van der Waals surface area contributed by atoms with E-state index in [1.807, 2.05) is 13.8 Å². The molecule has 0 spiro atoms. The summed E-state index contributed by atoms with van der Waals surface area (Å²) in [7, 11) is 0. The highest BCUT2D eigenvalue weighted by Crippen LogP contribution is 2.33. The molecule has 0 bridgehead atoms.